The molecule has 0 heterocycles. The zero-order chi connectivity index (χ0) is 14.7. The Morgan fingerprint density at radius 3 is 2.45 bits per heavy atom. The summed E-state index contributed by atoms with van der Waals surface area (Å²) in [5.41, 5.74) is 7.28. The summed E-state index contributed by atoms with van der Waals surface area (Å²) in [4.78, 5) is 0. The van der Waals surface area contributed by atoms with E-state index in [4.69, 9.17) is 5.84 Å². The smallest absolute Gasteiger partial charge is 0.123 e. The molecule has 20 heavy (non-hydrogen) atoms. The summed E-state index contributed by atoms with van der Waals surface area (Å²) >= 11 is 3.46. The number of nitrogens with one attached hydrogen (secondary N) is 1. The average molecular weight is 337 g/mol. The van der Waals surface area contributed by atoms with Crippen molar-refractivity contribution in [3.8, 4) is 0 Å². The van der Waals surface area contributed by atoms with Crippen molar-refractivity contribution in [2.75, 3.05) is 0 Å². The minimum Gasteiger partial charge on any atom is -0.271 e. The monoisotopic (exact) mass is 336 g/mol. The van der Waals surface area contributed by atoms with Crippen LogP contribution in [0.1, 0.15) is 28.3 Å². The average Bonchev–Trinajstić information content (AvgIpc) is 2.41. The summed E-state index contributed by atoms with van der Waals surface area (Å²) in [6, 6.07) is 10.8. The molecule has 0 fully saturated rings. The van der Waals surface area contributed by atoms with Crippen LogP contribution in [0.3, 0.4) is 0 Å². The summed E-state index contributed by atoms with van der Waals surface area (Å²) in [5.74, 6) is 5.48. The lowest BCUT2D eigenvalue weighted by Crippen LogP contribution is -2.30. The van der Waals surface area contributed by atoms with Crippen molar-refractivity contribution in [1.82, 2.24) is 5.43 Å². The van der Waals surface area contributed by atoms with Crippen LogP contribution in [-0.2, 0) is 6.42 Å². The molecule has 0 spiro atoms. The summed E-state index contributed by atoms with van der Waals surface area (Å²) in [7, 11) is 0. The normalized spacial score (nSPS) is 12.4. The fraction of sp³-hybridized carbons (Fsp3) is 0.250. The van der Waals surface area contributed by atoms with Gasteiger partial charge in [0.25, 0.3) is 0 Å². The molecule has 0 amide bonds. The van der Waals surface area contributed by atoms with Crippen molar-refractivity contribution < 1.29 is 4.39 Å². The lowest BCUT2D eigenvalue weighted by Gasteiger charge is -2.21. The molecule has 3 N–H and O–H groups in total. The second-order valence-electron chi connectivity index (χ2n) is 4.96. The Kier molecular flexibility index (Phi) is 4.91. The van der Waals surface area contributed by atoms with Gasteiger partial charge in [0.15, 0.2) is 0 Å². The van der Waals surface area contributed by atoms with Crippen molar-refractivity contribution in [1.29, 1.82) is 0 Å². The minimum absolute atomic E-state index is 0.0469. The van der Waals surface area contributed by atoms with Crippen molar-refractivity contribution in [3.63, 3.8) is 0 Å². The van der Waals surface area contributed by atoms with Crippen molar-refractivity contribution >= 4 is 15.9 Å². The maximum Gasteiger partial charge on any atom is 0.123 e. The molecular formula is C16H18BrFN2. The van der Waals surface area contributed by atoms with Gasteiger partial charge in [0, 0.05) is 4.47 Å². The van der Waals surface area contributed by atoms with Gasteiger partial charge in [-0.05, 0) is 60.7 Å². The molecule has 0 aromatic heterocycles. The fourth-order valence-corrected chi connectivity index (χ4v) is 2.95. The predicted octanol–water partition coefficient (Wildman–Crippen LogP) is 3.95. The molecular weight excluding hydrogens is 319 g/mol. The number of benzene rings is 2. The first-order chi connectivity index (χ1) is 9.52. The van der Waals surface area contributed by atoms with Crippen molar-refractivity contribution in [2.24, 2.45) is 5.84 Å². The van der Waals surface area contributed by atoms with Gasteiger partial charge >= 0.3 is 0 Å². The summed E-state index contributed by atoms with van der Waals surface area (Å²) in [5, 5.41) is 0. The molecule has 0 saturated carbocycles. The molecule has 1 unspecified atom stereocenters. The van der Waals surface area contributed by atoms with Gasteiger partial charge in [-0.3, -0.25) is 11.3 Å². The number of hydrogen-bond acceptors (Lipinski definition) is 2. The highest BCUT2D eigenvalue weighted by molar-refractivity contribution is 9.10. The standard InChI is InChI=1S/C16H18BrFN2/c1-10-4-3-5-11(2)16(10)15(20-19)9-12-8-13(18)6-7-14(12)17/h3-8,15,20H,9,19H2,1-2H3. The molecule has 0 aliphatic rings. The highest BCUT2D eigenvalue weighted by Crippen LogP contribution is 2.28. The molecule has 0 bridgehead atoms. The maximum absolute atomic E-state index is 13.4. The second-order valence-corrected chi connectivity index (χ2v) is 5.82. The van der Waals surface area contributed by atoms with E-state index < -0.39 is 0 Å². The Morgan fingerprint density at radius 2 is 1.85 bits per heavy atom. The molecule has 2 rings (SSSR count). The molecule has 0 aliphatic heterocycles. The highest BCUT2D eigenvalue weighted by atomic mass is 79.9. The van der Waals surface area contributed by atoms with E-state index in [1.807, 2.05) is 6.07 Å². The van der Waals surface area contributed by atoms with E-state index in [1.165, 1.54) is 22.8 Å². The topological polar surface area (TPSA) is 38.0 Å². The van der Waals surface area contributed by atoms with Gasteiger partial charge in [0.2, 0.25) is 0 Å². The third-order valence-electron chi connectivity index (χ3n) is 3.52. The number of rotatable bonds is 4. The summed E-state index contributed by atoms with van der Waals surface area (Å²) < 4.78 is 14.3. The maximum atomic E-state index is 13.4. The number of hydrogen-bond donors (Lipinski definition) is 2. The molecule has 106 valence electrons. The third kappa shape index (κ3) is 3.26. The second kappa shape index (κ2) is 6.48. The minimum atomic E-state index is -0.236. The van der Waals surface area contributed by atoms with Gasteiger partial charge in [-0.1, -0.05) is 34.1 Å². The molecule has 1 atom stereocenters. The van der Waals surface area contributed by atoms with Gasteiger partial charge < -0.3 is 0 Å². The van der Waals surface area contributed by atoms with Gasteiger partial charge in [0.1, 0.15) is 5.82 Å². The SMILES string of the molecule is Cc1cccc(C)c1C(Cc1cc(F)ccc1Br)NN. The molecule has 2 aromatic rings. The molecule has 4 heteroatoms. The zero-order valence-electron chi connectivity index (χ0n) is 11.6. The molecule has 0 saturated heterocycles. The molecule has 2 nitrogen and oxygen atoms in total. The number of hydrazine groups is 1. The quantitative estimate of drug-likeness (QED) is 0.655. The van der Waals surface area contributed by atoms with Crippen LogP contribution in [-0.4, -0.2) is 0 Å². The van der Waals surface area contributed by atoms with Gasteiger partial charge in [-0.25, -0.2) is 4.39 Å². The van der Waals surface area contributed by atoms with E-state index in [1.54, 1.807) is 12.1 Å². The van der Waals surface area contributed by atoms with E-state index >= 15 is 0 Å². The highest BCUT2D eigenvalue weighted by Gasteiger charge is 2.16. The molecule has 0 aliphatic carbocycles. The van der Waals surface area contributed by atoms with Crippen LogP contribution in [0.5, 0.6) is 0 Å². The van der Waals surface area contributed by atoms with Crippen LogP contribution in [0.2, 0.25) is 0 Å². The van der Waals surface area contributed by atoms with Crippen LogP contribution >= 0.6 is 15.9 Å². The van der Waals surface area contributed by atoms with Crippen molar-refractivity contribution in [3.05, 3.63) is 68.9 Å². The van der Waals surface area contributed by atoms with E-state index in [0.29, 0.717) is 6.42 Å². The Balaban J connectivity index is 2.36. The molecule has 0 radical (unpaired) electrons. The zero-order valence-corrected chi connectivity index (χ0v) is 13.2. The third-order valence-corrected chi connectivity index (χ3v) is 4.30. The lowest BCUT2D eigenvalue weighted by molar-refractivity contribution is 0.542. The van der Waals surface area contributed by atoms with Gasteiger partial charge in [-0.2, -0.15) is 0 Å². The number of aryl methyl sites for hydroxylation is 2. The predicted molar refractivity (Wildman–Crippen MR) is 83.8 cm³/mol. The van der Waals surface area contributed by atoms with Crippen LogP contribution in [0.25, 0.3) is 0 Å². The van der Waals surface area contributed by atoms with Gasteiger partial charge in [0.05, 0.1) is 6.04 Å². The lowest BCUT2D eigenvalue weighted by atomic mass is 9.92. The van der Waals surface area contributed by atoms with E-state index in [2.05, 4.69) is 47.3 Å². The first kappa shape index (κ1) is 15.2. The van der Waals surface area contributed by atoms with Crippen LogP contribution in [0.4, 0.5) is 4.39 Å². The summed E-state index contributed by atoms with van der Waals surface area (Å²) in [6.45, 7) is 4.13. The molecule has 2 aromatic carbocycles. The van der Waals surface area contributed by atoms with Crippen LogP contribution < -0.4 is 11.3 Å². The summed E-state index contributed by atoms with van der Waals surface area (Å²) in [6.07, 6.45) is 0.626. The number of nitrogens with two attached hydrogens (primary N) is 1. The van der Waals surface area contributed by atoms with Crippen LogP contribution in [0, 0.1) is 19.7 Å². The fourth-order valence-electron chi connectivity index (χ4n) is 2.54. The van der Waals surface area contributed by atoms with Gasteiger partial charge in [-0.15, -0.1) is 0 Å². The Labute approximate surface area is 127 Å². The van der Waals surface area contributed by atoms with E-state index in [0.717, 1.165) is 10.0 Å². The Hall–Kier alpha value is -1.23. The van der Waals surface area contributed by atoms with E-state index in [-0.39, 0.29) is 11.9 Å². The van der Waals surface area contributed by atoms with Crippen molar-refractivity contribution in [2.45, 2.75) is 26.3 Å². The van der Waals surface area contributed by atoms with Crippen LogP contribution in [0.15, 0.2) is 40.9 Å². The Morgan fingerprint density at radius 1 is 1.20 bits per heavy atom. The first-order valence-electron chi connectivity index (χ1n) is 6.49. The Bertz CT molecular complexity index is 593. The largest absolute Gasteiger partial charge is 0.271 e. The van der Waals surface area contributed by atoms with E-state index in [9.17, 15) is 4.39 Å². The first-order valence-corrected chi connectivity index (χ1v) is 7.28. The number of halogens is 2.